The Labute approximate surface area is 242 Å². The first-order chi connectivity index (χ1) is 19.8. The first kappa shape index (κ1) is 28.2. The molecule has 7 N–H and O–H groups in total. The molecule has 12 heteroatoms. The van der Waals surface area contributed by atoms with E-state index < -0.39 is 58.0 Å². The standard InChI is InChI=1S/C30H35N5O7/c1-34(2)19-11-16(13-33-12-14-5-7-32-8-6-14)24(36)21-17(19)9-15-10-18-23(35(3)4)26(38)22(28(31)40)30(41)29(18,42-30)27(39)20(15)25(21)37/h5-8,11,15,18,23,33,36,38-39,41H,9-10,12-13H2,1-4H3,(H2,31,40)/t15-,18-,23-,29-,30?/m0/s1. The number of phenols is 1. The molecule has 2 heterocycles. The molecule has 0 radical (unpaired) electrons. The summed E-state index contributed by atoms with van der Waals surface area (Å²) in [6.45, 7) is 0.795. The van der Waals surface area contributed by atoms with Gasteiger partial charge in [-0.1, -0.05) is 0 Å². The van der Waals surface area contributed by atoms with Gasteiger partial charge in [-0.25, -0.2) is 0 Å². The number of fused-ring (bicyclic) bond motifs is 2. The first-order valence-electron chi connectivity index (χ1n) is 13.8. The molecule has 1 unspecified atom stereocenters. The molecule has 1 saturated heterocycles. The molecule has 0 bridgehead atoms. The summed E-state index contributed by atoms with van der Waals surface area (Å²) >= 11 is 0. The van der Waals surface area contributed by atoms with E-state index in [1.54, 1.807) is 31.4 Å². The number of Topliss-reactive ketones (excluding diaryl/α,β-unsaturated/α-hetero) is 1. The topological polar surface area (TPSA) is 185 Å². The van der Waals surface area contributed by atoms with Crippen LogP contribution in [0.1, 0.15) is 33.5 Å². The van der Waals surface area contributed by atoms with Gasteiger partial charge in [-0.3, -0.25) is 19.5 Å². The first-order valence-corrected chi connectivity index (χ1v) is 13.8. The molecule has 1 spiro atoms. The molecule has 1 amide bonds. The number of ketones is 1. The number of phenolic OH excluding ortho intramolecular Hbond substituents is 1. The van der Waals surface area contributed by atoms with Crippen LogP contribution in [-0.4, -0.2) is 87.6 Å². The number of hydrogen-bond donors (Lipinski definition) is 6. The number of aromatic hydroxyl groups is 1. The van der Waals surface area contributed by atoms with Crippen LogP contribution in [0.2, 0.25) is 0 Å². The van der Waals surface area contributed by atoms with Crippen LogP contribution >= 0.6 is 0 Å². The lowest BCUT2D eigenvalue weighted by molar-refractivity contribution is -0.117. The third-order valence-corrected chi connectivity index (χ3v) is 9.17. The van der Waals surface area contributed by atoms with Gasteiger partial charge in [0.15, 0.2) is 11.4 Å². The third kappa shape index (κ3) is 3.72. The minimum Gasteiger partial charge on any atom is -0.510 e. The predicted molar refractivity (Wildman–Crippen MR) is 152 cm³/mol. The average molecular weight is 578 g/mol. The van der Waals surface area contributed by atoms with Gasteiger partial charge in [-0.2, -0.15) is 0 Å². The molecule has 4 aliphatic rings. The molecule has 6 rings (SSSR count). The predicted octanol–water partition coefficient (Wildman–Crippen LogP) is 1.03. The molecule has 1 aromatic heterocycles. The number of rotatable bonds is 7. The Kier molecular flexibility index (Phi) is 6.39. The number of carbonyl (C=O) groups is 2. The van der Waals surface area contributed by atoms with Gasteiger partial charge in [0, 0.05) is 62.3 Å². The van der Waals surface area contributed by atoms with Crippen LogP contribution in [0.4, 0.5) is 5.69 Å². The van der Waals surface area contributed by atoms with Crippen molar-refractivity contribution in [3.05, 3.63) is 75.5 Å². The van der Waals surface area contributed by atoms with Crippen molar-refractivity contribution in [2.75, 3.05) is 33.1 Å². The van der Waals surface area contributed by atoms with Gasteiger partial charge in [-0.15, -0.1) is 0 Å². The number of anilines is 1. The van der Waals surface area contributed by atoms with Crippen molar-refractivity contribution >= 4 is 17.4 Å². The van der Waals surface area contributed by atoms with Crippen LogP contribution in [0, 0.1) is 11.8 Å². The molecule has 2 aromatic rings. The van der Waals surface area contributed by atoms with Crippen LogP contribution in [0.15, 0.2) is 53.3 Å². The fourth-order valence-electron chi connectivity index (χ4n) is 7.34. The molecule has 222 valence electrons. The number of nitrogens with zero attached hydrogens (tertiary/aromatic N) is 3. The van der Waals surface area contributed by atoms with E-state index in [1.807, 2.05) is 37.2 Å². The van der Waals surface area contributed by atoms with E-state index in [0.717, 1.165) is 11.3 Å². The number of primary amides is 1. The second-order valence-corrected chi connectivity index (χ2v) is 12.0. The lowest BCUT2D eigenvalue weighted by Gasteiger charge is -2.46. The third-order valence-electron chi connectivity index (χ3n) is 9.17. The number of ether oxygens (including phenoxy) is 1. The number of aliphatic hydroxyl groups excluding tert-OH is 2. The van der Waals surface area contributed by atoms with Gasteiger partial charge in [-0.05, 0) is 62.2 Å². The monoisotopic (exact) mass is 577 g/mol. The molecule has 1 aromatic carbocycles. The van der Waals surface area contributed by atoms with Crippen LogP contribution in [0.25, 0.3) is 0 Å². The molecular formula is C30H35N5O7. The number of allylic oxidation sites excluding steroid dienone is 1. The number of amides is 1. The quantitative estimate of drug-likeness (QED) is 0.258. The number of likely N-dealkylation sites (N-methyl/N-ethyl adjacent to an activating group) is 1. The number of hydrogen-bond acceptors (Lipinski definition) is 11. The van der Waals surface area contributed by atoms with Gasteiger partial charge < -0.3 is 41.1 Å². The Morgan fingerprint density at radius 2 is 1.86 bits per heavy atom. The number of pyridine rings is 1. The zero-order chi connectivity index (χ0) is 30.3. The van der Waals surface area contributed by atoms with Crippen molar-refractivity contribution in [3.8, 4) is 5.75 Å². The minimum absolute atomic E-state index is 0.0271. The maximum Gasteiger partial charge on any atom is 0.253 e. The number of nitrogens with one attached hydrogen (secondary N) is 1. The number of aromatic nitrogens is 1. The van der Waals surface area contributed by atoms with Crippen LogP contribution in [0.3, 0.4) is 0 Å². The normalized spacial score (nSPS) is 29.6. The second-order valence-electron chi connectivity index (χ2n) is 12.0. The van der Waals surface area contributed by atoms with E-state index in [9.17, 15) is 30.0 Å². The smallest absolute Gasteiger partial charge is 0.253 e. The largest absolute Gasteiger partial charge is 0.510 e. The summed E-state index contributed by atoms with van der Waals surface area (Å²) in [4.78, 5) is 34.1. The fourth-order valence-corrected chi connectivity index (χ4v) is 7.34. The van der Waals surface area contributed by atoms with E-state index in [-0.39, 0.29) is 29.9 Å². The summed E-state index contributed by atoms with van der Waals surface area (Å²) in [5.41, 5.74) is 6.23. The molecule has 12 nitrogen and oxygen atoms in total. The number of benzene rings is 1. The van der Waals surface area contributed by atoms with E-state index in [0.29, 0.717) is 24.1 Å². The molecule has 5 atom stereocenters. The summed E-state index contributed by atoms with van der Waals surface area (Å²) in [6.07, 6.45) is 3.98. The van der Waals surface area contributed by atoms with Crippen LogP contribution < -0.4 is 16.0 Å². The second kappa shape index (κ2) is 9.53. The summed E-state index contributed by atoms with van der Waals surface area (Å²) in [6, 6.07) is 4.81. The summed E-state index contributed by atoms with van der Waals surface area (Å²) in [7, 11) is 7.12. The van der Waals surface area contributed by atoms with Gasteiger partial charge in [0.1, 0.15) is 22.8 Å². The Hall–Kier alpha value is -3.97. The lowest BCUT2D eigenvalue weighted by Crippen LogP contribution is -2.57. The van der Waals surface area contributed by atoms with Gasteiger partial charge >= 0.3 is 0 Å². The van der Waals surface area contributed by atoms with Crippen molar-refractivity contribution in [1.82, 2.24) is 15.2 Å². The molecule has 42 heavy (non-hydrogen) atoms. The average Bonchev–Trinajstić information content (AvgIpc) is 3.55. The summed E-state index contributed by atoms with van der Waals surface area (Å²) < 4.78 is 5.76. The molecule has 1 fully saturated rings. The number of epoxide rings is 1. The van der Waals surface area contributed by atoms with Gasteiger partial charge in [0.2, 0.25) is 5.79 Å². The van der Waals surface area contributed by atoms with E-state index in [4.69, 9.17) is 10.5 Å². The molecule has 0 saturated carbocycles. The van der Waals surface area contributed by atoms with Crippen molar-refractivity contribution in [1.29, 1.82) is 0 Å². The van der Waals surface area contributed by atoms with Crippen LogP contribution in [-0.2, 0) is 29.0 Å². The summed E-state index contributed by atoms with van der Waals surface area (Å²) in [5.74, 6) is -6.31. The van der Waals surface area contributed by atoms with E-state index in [2.05, 4.69) is 10.3 Å². The van der Waals surface area contributed by atoms with Crippen molar-refractivity contribution in [3.63, 3.8) is 0 Å². The molecule has 3 aliphatic carbocycles. The number of nitrogens with two attached hydrogens (primary N) is 1. The Morgan fingerprint density at radius 3 is 2.48 bits per heavy atom. The van der Waals surface area contributed by atoms with Crippen LogP contribution in [0.5, 0.6) is 5.75 Å². The Bertz CT molecular complexity index is 1570. The fraction of sp³-hybridized carbons (Fsp3) is 0.433. The highest BCUT2D eigenvalue weighted by Gasteiger charge is 2.84. The zero-order valence-electron chi connectivity index (χ0n) is 23.9. The highest BCUT2D eigenvalue weighted by atomic mass is 16.8. The number of aliphatic hydroxyl groups is 3. The van der Waals surface area contributed by atoms with Gasteiger partial charge in [0.25, 0.3) is 5.91 Å². The van der Waals surface area contributed by atoms with E-state index >= 15 is 0 Å². The maximum absolute atomic E-state index is 14.2. The SMILES string of the molecule is CN(C)c1cc(CNCc2ccncc2)c(O)c2c1C[C@H]1C[C@H]3[C@H](N(C)C)C(O)=C(C(N)=O)C4(O)O[C@]34C(O)=C1C2=O. The van der Waals surface area contributed by atoms with E-state index in [1.165, 1.54) is 0 Å². The highest BCUT2D eigenvalue weighted by molar-refractivity contribution is 6.14. The van der Waals surface area contributed by atoms with Crippen molar-refractivity contribution < 1.29 is 34.8 Å². The van der Waals surface area contributed by atoms with Crippen molar-refractivity contribution in [2.45, 2.75) is 43.4 Å². The molecule has 1 aliphatic heterocycles. The highest BCUT2D eigenvalue weighted by Crippen LogP contribution is 2.68. The van der Waals surface area contributed by atoms with Crippen molar-refractivity contribution in [2.24, 2.45) is 17.6 Å². The Morgan fingerprint density at radius 1 is 1.17 bits per heavy atom. The molecular weight excluding hydrogens is 542 g/mol. The minimum atomic E-state index is -2.38. The Balaban J connectivity index is 1.44. The number of carbonyl (C=O) groups excluding carboxylic acids is 2. The van der Waals surface area contributed by atoms with Gasteiger partial charge in [0.05, 0.1) is 11.6 Å². The summed E-state index contributed by atoms with van der Waals surface area (Å²) in [5, 5.41) is 49.0. The zero-order valence-corrected chi connectivity index (χ0v) is 23.9. The maximum atomic E-state index is 14.2. The lowest BCUT2D eigenvalue weighted by atomic mass is 9.60.